The minimum atomic E-state index is -0.0325. The monoisotopic (exact) mass is 249 g/mol. The third-order valence-electron chi connectivity index (χ3n) is 2.78. The molecular formula is C15H23NO2. The molecule has 0 aromatic heterocycles. The molecular weight excluding hydrogens is 226 g/mol. The van der Waals surface area contributed by atoms with E-state index in [1.807, 2.05) is 40.7 Å². The van der Waals surface area contributed by atoms with Gasteiger partial charge in [-0.1, -0.05) is 26.8 Å². The number of aromatic hydroxyl groups is 1. The third kappa shape index (κ3) is 3.76. The van der Waals surface area contributed by atoms with Crippen LogP contribution in [0.2, 0.25) is 0 Å². The smallest absolute Gasteiger partial charge is 0.227 e. The molecule has 1 N–H and O–H groups in total. The quantitative estimate of drug-likeness (QED) is 0.890. The summed E-state index contributed by atoms with van der Waals surface area (Å²) in [5, 5.41) is 9.56. The maximum Gasteiger partial charge on any atom is 0.227 e. The Bertz CT molecular complexity index is 433. The first kappa shape index (κ1) is 14.6. The predicted molar refractivity (Wildman–Crippen MR) is 74.9 cm³/mol. The average Bonchev–Trinajstić information content (AvgIpc) is 2.21. The highest BCUT2D eigenvalue weighted by Gasteiger charge is 2.22. The molecule has 0 fully saturated rings. The Balaban J connectivity index is 3.02. The van der Waals surface area contributed by atoms with E-state index >= 15 is 0 Å². The molecule has 0 radical (unpaired) electrons. The first-order valence-corrected chi connectivity index (χ1v) is 6.34. The van der Waals surface area contributed by atoms with Gasteiger partial charge in [0.25, 0.3) is 0 Å². The number of carbonyl (C=O) groups excluding carboxylic acids is 1. The second-order valence-corrected chi connectivity index (χ2v) is 5.85. The van der Waals surface area contributed by atoms with E-state index in [9.17, 15) is 9.90 Å². The molecule has 0 aliphatic rings. The number of rotatable bonds is 3. The lowest BCUT2D eigenvalue weighted by Crippen LogP contribution is -2.33. The summed E-state index contributed by atoms with van der Waals surface area (Å²) >= 11 is 0. The van der Waals surface area contributed by atoms with E-state index < -0.39 is 0 Å². The van der Waals surface area contributed by atoms with Crippen molar-refractivity contribution in [2.24, 2.45) is 5.41 Å². The summed E-state index contributed by atoms with van der Waals surface area (Å²) in [4.78, 5) is 14.0. The van der Waals surface area contributed by atoms with Crippen LogP contribution in [0.25, 0.3) is 0 Å². The van der Waals surface area contributed by atoms with Gasteiger partial charge in [-0.15, -0.1) is 0 Å². The first-order valence-electron chi connectivity index (χ1n) is 6.34. The predicted octanol–water partition coefficient (Wildman–Crippen LogP) is 3.49. The largest absolute Gasteiger partial charge is 0.508 e. The lowest BCUT2D eigenvalue weighted by molar-refractivity contribution is -0.120. The number of nitrogens with zero attached hydrogens (tertiary/aromatic N) is 1. The van der Waals surface area contributed by atoms with Crippen LogP contribution in [-0.4, -0.2) is 17.6 Å². The zero-order valence-electron chi connectivity index (χ0n) is 11.9. The van der Waals surface area contributed by atoms with Crippen LogP contribution in [0.15, 0.2) is 18.2 Å². The highest BCUT2D eigenvalue weighted by Crippen LogP contribution is 2.28. The van der Waals surface area contributed by atoms with E-state index in [2.05, 4.69) is 0 Å². The molecule has 1 rings (SSSR count). The number of benzene rings is 1. The Morgan fingerprint density at radius 3 is 2.44 bits per heavy atom. The van der Waals surface area contributed by atoms with Gasteiger partial charge >= 0.3 is 0 Å². The molecule has 0 aliphatic heterocycles. The van der Waals surface area contributed by atoms with Crippen molar-refractivity contribution in [2.45, 2.75) is 41.0 Å². The lowest BCUT2D eigenvalue weighted by atomic mass is 9.91. The molecule has 1 aromatic rings. The average molecular weight is 249 g/mol. The van der Waals surface area contributed by atoms with Crippen LogP contribution in [-0.2, 0) is 4.79 Å². The molecule has 3 nitrogen and oxygen atoms in total. The van der Waals surface area contributed by atoms with Crippen LogP contribution < -0.4 is 4.90 Å². The number of aryl methyl sites for hydroxylation is 1. The maximum absolute atomic E-state index is 12.3. The fourth-order valence-corrected chi connectivity index (χ4v) is 1.92. The lowest BCUT2D eigenvalue weighted by Gasteiger charge is -2.27. The van der Waals surface area contributed by atoms with E-state index in [4.69, 9.17) is 0 Å². The summed E-state index contributed by atoms with van der Waals surface area (Å²) in [6.45, 7) is 10.7. The minimum Gasteiger partial charge on any atom is -0.508 e. The standard InChI is InChI=1S/C15H23NO2/c1-6-16(14(18)10-15(3,4)5)13-9-12(17)8-7-11(13)2/h7-9,17H,6,10H2,1-5H3. The van der Waals surface area contributed by atoms with Gasteiger partial charge in [0.1, 0.15) is 5.75 Å². The molecule has 1 aromatic carbocycles. The van der Waals surface area contributed by atoms with E-state index in [1.165, 1.54) is 0 Å². The second-order valence-electron chi connectivity index (χ2n) is 5.85. The van der Waals surface area contributed by atoms with Crippen molar-refractivity contribution in [1.82, 2.24) is 0 Å². The number of hydrogen-bond donors (Lipinski definition) is 1. The van der Waals surface area contributed by atoms with Gasteiger partial charge in [-0.2, -0.15) is 0 Å². The summed E-state index contributed by atoms with van der Waals surface area (Å²) in [6.07, 6.45) is 0.496. The topological polar surface area (TPSA) is 40.5 Å². The number of hydrogen-bond acceptors (Lipinski definition) is 2. The van der Waals surface area contributed by atoms with Gasteiger partial charge in [-0.3, -0.25) is 4.79 Å². The Morgan fingerprint density at radius 1 is 1.33 bits per heavy atom. The fourth-order valence-electron chi connectivity index (χ4n) is 1.92. The molecule has 100 valence electrons. The summed E-state index contributed by atoms with van der Waals surface area (Å²) in [7, 11) is 0. The summed E-state index contributed by atoms with van der Waals surface area (Å²) < 4.78 is 0. The van der Waals surface area contributed by atoms with Crippen molar-refractivity contribution in [1.29, 1.82) is 0 Å². The molecule has 3 heteroatoms. The zero-order chi connectivity index (χ0) is 13.9. The van der Waals surface area contributed by atoms with E-state index in [-0.39, 0.29) is 17.1 Å². The molecule has 0 saturated heterocycles. The molecule has 18 heavy (non-hydrogen) atoms. The van der Waals surface area contributed by atoms with E-state index in [0.29, 0.717) is 13.0 Å². The van der Waals surface area contributed by atoms with Gasteiger partial charge in [-0.05, 0) is 30.9 Å². The molecule has 0 bridgehead atoms. The van der Waals surface area contributed by atoms with Crippen molar-refractivity contribution in [3.05, 3.63) is 23.8 Å². The van der Waals surface area contributed by atoms with Crippen molar-refractivity contribution < 1.29 is 9.90 Å². The van der Waals surface area contributed by atoms with Gasteiger partial charge in [-0.25, -0.2) is 0 Å². The summed E-state index contributed by atoms with van der Waals surface area (Å²) in [5.41, 5.74) is 1.76. The Kier molecular flexibility index (Phi) is 4.38. The van der Waals surface area contributed by atoms with Crippen LogP contribution in [0.1, 0.15) is 39.7 Å². The van der Waals surface area contributed by atoms with Gasteiger partial charge in [0.05, 0.1) is 5.69 Å². The van der Waals surface area contributed by atoms with E-state index in [1.54, 1.807) is 17.0 Å². The maximum atomic E-state index is 12.3. The number of anilines is 1. The molecule has 0 atom stereocenters. The van der Waals surface area contributed by atoms with Crippen LogP contribution in [0.4, 0.5) is 5.69 Å². The Morgan fingerprint density at radius 2 is 1.94 bits per heavy atom. The Hall–Kier alpha value is -1.51. The number of phenolic OH excluding ortho intramolecular Hbond substituents is 1. The molecule has 0 aliphatic carbocycles. The Labute approximate surface area is 109 Å². The van der Waals surface area contributed by atoms with Gasteiger partial charge in [0.15, 0.2) is 0 Å². The highest BCUT2D eigenvalue weighted by atomic mass is 16.3. The third-order valence-corrected chi connectivity index (χ3v) is 2.78. The van der Waals surface area contributed by atoms with Crippen molar-refractivity contribution in [2.75, 3.05) is 11.4 Å². The SMILES string of the molecule is CCN(C(=O)CC(C)(C)C)c1cc(O)ccc1C. The van der Waals surface area contributed by atoms with Crippen LogP contribution in [0.3, 0.4) is 0 Å². The molecule has 0 saturated carbocycles. The van der Waals surface area contributed by atoms with Crippen LogP contribution in [0, 0.1) is 12.3 Å². The van der Waals surface area contributed by atoms with Crippen LogP contribution >= 0.6 is 0 Å². The number of amides is 1. The molecule has 1 amide bonds. The molecule has 0 spiro atoms. The normalized spacial score (nSPS) is 11.4. The van der Waals surface area contributed by atoms with Crippen molar-refractivity contribution in [3.8, 4) is 5.75 Å². The van der Waals surface area contributed by atoms with E-state index in [0.717, 1.165) is 11.3 Å². The van der Waals surface area contributed by atoms with Crippen LogP contribution in [0.5, 0.6) is 5.75 Å². The molecule has 0 unspecified atom stereocenters. The molecule has 0 heterocycles. The van der Waals surface area contributed by atoms with Gasteiger partial charge < -0.3 is 10.0 Å². The van der Waals surface area contributed by atoms with Gasteiger partial charge in [0, 0.05) is 19.0 Å². The second kappa shape index (κ2) is 5.42. The first-order chi connectivity index (χ1) is 8.24. The summed E-state index contributed by atoms with van der Waals surface area (Å²) in [6, 6.07) is 5.12. The van der Waals surface area contributed by atoms with Crippen molar-refractivity contribution >= 4 is 11.6 Å². The minimum absolute atomic E-state index is 0.0325. The number of phenols is 1. The number of carbonyl (C=O) groups is 1. The van der Waals surface area contributed by atoms with Crippen molar-refractivity contribution in [3.63, 3.8) is 0 Å². The fraction of sp³-hybridized carbons (Fsp3) is 0.533. The summed E-state index contributed by atoms with van der Waals surface area (Å²) in [5.74, 6) is 0.288. The highest BCUT2D eigenvalue weighted by molar-refractivity contribution is 5.94. The zero-order valence-corrected chi connectivity index (χ0v) is 11.9. The van der Waals surface area contributed by atoms with Gasteiger partial charge in [0.2, 0.25) is 5.91 Å².